The summed E-state index contributed by atoms with van der Waals surface area (Å²) in [7, 11) is 0. The van der Waals surface area contributed by atoms with Crippen molar-refractivity contribution < 1.29 is 8.94 Å². The van der Waals surface area contributed by atoms with E-state index in [1.165, 1.54) is 6.39 Å². The Bertz CT molecular complexity index is 612. The van der Waals surface area contributed by atoms with E-state index in [-0.39, 0.29) is 0 Å². The van der Waals surface area contributed by atoms with Gasteiger partial charge in [-0.2, -0.15) is 0 Å². The molecule has 2 aromatic heterocycles. The number of rotatable bonds is 1. The van der Waals surface area contributed by atoms with Gasteiger partial charge in [0.15, 0.2) is 23.6 Å². The number of nitrogen functional groups attached to an aromatic ring is 1. The molecule has 5 nitrogen and oxygen atoms in total. The Kier molecular flexibility index (Phi) is 1.53. The van der Waals surface area contributed by atoms with E-state index in [1.54, 1.807) is 6.07 Å². The van der Waals surface area contributed by atoms with E-state index in [9.17, 15) is 0 Å². The van der Waals surface area contributed by atoms with Crippen molar-refractivity contribution in [2.24, 2.45) is 0 Å². The van der Waals surface area contributed by atoms with Crippen LogP contribution in [-0.4, -0.2) is 10.1 Å². The molecule has 0 bridgehead atoms. The quantitative estimate of drug-likeness (QED) is 0.651. The topological polar surface area (TPSA) is 78.1 Å². The van der Waals surface area contributed by atoms with Crippen LogP contribution in [0.15, 0.2) is 39.6 Å². The number of hydrogen-bond acceptors (Lipinski definition) is 5. The number of nitrogens with zero attached hydrogens (tertiary/aromatic N) is 2. The van der Waals surface area contributed by atoms with E-state index in [4.69, 9.17) is 14.7 Å². The maximum Gasteiger partial charge on any atom is 0.181 e. The standard InChI is InChI=1S/C10H7N3O2/c11-10-4-9(15-13-10)6-1-2-8-7(3-6)12-5-14-8/h1-5H,(H2,11,13). The number of hydrogen-bond donors (Lipinski definition) is 1. The summed E-state index contributed by atoms with van der Waals surface area (Å²) < 4.78 is 10.2. The van der Waals surface area contributed by atoms with Crippen molar-refractivity contribution in [2.45, 2.75) is 0 Å². The van der Waals surface area contributed by atoms with Crippen LogP contribution in [0, 0.1) is 0 Å². The third-order valence-corrected chi connectivity index (χ3v) is 2.14. The first-order valence-corrected chi connectivity index (χ1v) is 4.39. The summed E-state index contributed by atoms with van der Waals surface area (Å²) in [5, 5.41) is 3.62. The first-order valence-electron chi connectivity index (χ1n) is 4.39. The zero-order valence-electron chi connectivity index (χ0n) is 7.68. The van der Waals surface area contributed by atoms with Gasteiger partial charge < -0.3 is 14.7 Å². The van der Waals surface area contributed by atoms with Gasteiger partial charge in [-0.1, -0.05) is 5.16 Å². The molecule has 1 aromatic carbocycles. The van der Waals surface area contributed by atoms with Crippen LogP contribution >= 0.6 is 0 Å². The minimum absolute atomic E-state index is 0.366. The molecule has 0 aliphatic rings. The SMILES string of the molecule is Nc1cc(-c2ccc3ocnc3c2)on1. The Morgan fingerprint density at radius 2 is 2.13 bits per heavy atom. The molecule has 0 aliphatic carbocycles. The maximum absolute atomic E-state index is 5.47. The first kappa shape index (κ1) is 8.05. The Morgan fingerprint density at radius 3 is 2.93 bits per heavy atom. The highest BCUT2D eigenvalue weighted by molar-refractivity contribution is 5.78. The highest BCUT2D eigenvalue weighted by Gasteiger charge is 2.06. The molecule has 3 aromatic rings. The van der Waals surface area contributed by atoms with Crippen molar-refractivity contribution in [3.63, 3.8) is 0 Å². The van der Waals surface area contributed by atoms with E-state index in [1.807, 2.05) is 18.2 Å². The predicted octanol–water partition coefficient (Wildman–Crippen LogP) is 2.06. The van der Waals surface area contributed by atoms with Crippen LogP contribution in [0.5, 0.6) is 0 Å². The average Bonchev–Trinajstić information content (AvgIpc) is 2.84. The van der Waals surface area contributed by atoms with Gasteiger partial charge >= 0.3 is 0 Å². The molecule has 0 atom stereocenters. The van der Waals surface area contributed by atoms with Crippen molar-refractivity contribution in [2.75, 3.05) is 5.73 Å². The number of anilines is 1. The summed E-state index contributed by atoms with van der Waals surface area (Å²) in [6, 6.07) is 7.23. The Hall–Kier alpha value is -2.30. The largest absolute Gasteiger partial charge is 0.443 e. The number of aromatic nitrogens is 2. The second-order valence-electron chi connectivity index (χ2n) is 3.15. The minimum Gasteiger partial charge on any atom is -0.443 e. The fourth-order valence-corrected chi connectivity index (χ4v) is 1.44. The molecule has 3 rings (SSSR count). The lowest BCUT2D eigenvalue weighted by molar-refractivity contribution is 0.436. The van der Waals surface area contributed by atoms with E-state index in [0.717, 1.165) is 16.7 Å². The fraction of sp³-hybridized carbons (Fsp3) is 0. The molecular weight excluding hydrogens is 194 g/mol. The van der Waals surface area contributed by atoms with E-state index < -0.39 is 0 Å². The zero-order valence-corrected chi connectivity index (χ0v) is 7.68. The van der Waals surface area contributed by atoms with Gasteiger partial charge in [0.05, 0.1) is 0 Å². The molecule has 0 amide bonds. The molecule has 0 fully saturated rings. The summed E-state index contributed by atoms with van der Waals surface area (Å²) >= 11 is 0. The molecule has 0 unspecified atom stereocenters. The highest BCUT2D eigenvalue weighted by Crippen LogP contribution is 2.24. The van der Waals surface area contributed by atoms with Gasteiger partial charge in [0.25, 0.3) is 0 Å². The summed E-state index contributed by atoms with van der Waals surface area (Å²) in [5.41, 5.74) is 7.87. The lowest BCUT2D eigenvalue weighted by Gasteiger charge is -1.93. The number of fused-ring (bicyclic) bond motifs is 1. The molecule has 0 radical (unpaired) electrons. The summed E-state index contributed by atoms with van der Waals surface area (Å²) in [6.07, 6.45) is 1.41. The monoisotopic (exact) mass is 201 g/mol. The van der Waals surface area contributed by atoms with Crippen LogP contribution in [0.1, 0.15) is 0 Å². The number of nitrogens with two attached hydrogens (primary N) is 1. The maximum atomic E-state index is 5.47. The molecule has 2 N–H and O–H groups in total. The van der Waals surface area contributed by atoms with Gasteiger partial charge in [0.2, 0.25) is 0 Å². The number of oxazole rings is 1. The summed E-state index contributed by atoms with van der Waals surface area (Å²) in [4.78, 5) is 4.05. The fourth-order valence-electron chi connectivity index (χ4n) is 1.44. The van der Waals surface area contributed by atoms with Crippen molar-refractivity contribution >= 4 is 16.9 Å². The summed E-state index contributed by atoms with van der Waals surface area (Å²) in [5.74, 6) is 0.989. The van der Waals surface area contributed by atoms with E-state index >= 15 is 0 Å². The van der Waals surface area contributed by atoms with Crippen molar-refractivity contribution in [1.29, 1.82) is 0 Å². The van der Waals surface area contributed by atoms with Gasteiger partial charge in [0, 0.05) is 11.6 Å². The van der Waals surface area contributed by atoms with Crippen molar-refractivity contribution in [3.8, 4) is 11.3 Å². The Balaban J connectivity index is 2.18. The first-order chi connectivity index (χ1) is 7.33. The van der Waals surface area contributed by atoms with Gasteiger partial charge in [0.1, 0.15) is 5.52 Å². The molecule has 0 aliphatic heterocycles. The van der Waals surface area contributed by atoms with Crippen molar-refractivity contribution in [1.82, 2.24) is 10.1 Å². The van der Waals surface area contributed by atoms with Gasteiger partial charge in [-0.05, 0) is 18.2 Å². The molecule has 0 saturated carbocycles. The average molecular weight is 201 g/mol. The van der Waals surface area contributed by atoms with Crippen LogP contribution in [0.2, 0.25) is 0 Å². The van der Waals surface area contributed by atoms with E-state index in [0.29, 0.717) is 11.6 Å². The normalized spacial score (nSPS) is 10.9. The Labute approximate surface area is 84.5 Å². The minimum atomic E-state index is 0.366. The van der Waals surface area contributed by atoms with Gasteiger partial charge in [-0.25, -0.2) is 4.98 Å². The predicted molar refractivity (Wildman–Crippen MR) is 53.9 cm³/mol. The molecule has 0 saturated heterocycles. The second kappa shape index (κ2) is 2.84. The molecule has 5 heteroatoms. The van der Waals surface area contributed by atoms with Crippen LogP contribution in [0.3, 0.4) is 0 Å². The van der Waals surface area contributed by atoms with Crippen LogP contribution in [0.4, 0.5) is 5.82 Å². The number of benzene rings is 1. The molecule has 74 valence electrons. The van der Waals surface area contributed by atoms with Crippen LogP contribution in [-0.2, 0) is 0 Å². The lowest BCUT2D eigenvalue weighted by Crippen LogP contribution is -1.80. The van der Waals surface area contributed by atoms with Gasteiger partial charge in [-0.3, -0.25) is 0 Å². The highest BCUT2D eigenvalue weighted by atomic mass is 16.5. The molecule has 15 heavy (non-hydrogen) atoms. The Morgan fingerprint density at radius 1 is 1.20 bits per heavy atom. The molecular formula is C10H7N3O2. The molecule has 0 spiro atoms. The van der Waals surface area contributed by atoms with Gasteiger partial charge in [-0.15, -0.1) is 0 Å². The smallest absolute Gasteiger partial charge is 0.181 e. The third kappa shape index (κ3) is 1.25. The van der Waals surface area contributed by atoms with Crippen molar-refractivity contribution in [3.05, 3.63) is 30.7 Å². The zero-order chi connectivity index (χ0) is 10.3. The molecule has 2 heterocycles. The second-order valence-corrected chi connectivity index (χ2v) is 3.15. The van der Waals surface area contributed by atoms with Crippen LogP contribution < -0.4 is 5.73 Å². The lowest BCUT2D eigenvalue weighted by atomic mass is 10.1. The van der Waals surface area contributed by atoms with E-state index in [2.05, 4.69) is 10.1 Å². The summed E-state index contributed by atoms with van der Waals surface area (Å²) in [6.45, 7) is 0. The third-order valence-electron chi connectivity index (χ3n) is 2.14. The van der Waals surface area contributed by atoms with Crippen LogP contribution in [0.25, 0.3) is 22.4 Å².